The van der Waals surface area contributed by atoms with Gasteiger partial charge in [0.25, 0.3) is 5.91 Å². The number of fused-ring (bicyclic) bond motifs is 1. The van der Waals surface area contributed by atoms with Gasteiger partial charge in [0.2, 0.25) is 0 Å². The maximum Gasteiger partial charge on any atom is 0.339 e. The zero-order valence-electron chi connectivity index (χ0n) is 13.4. The molecule has 0 unspecified atom stereocenters. The van der Waals surface area contributed by atoms with E-state index in [1.165, 1.54) is 0 Å². The van der Waals surface area contributed by atoms with Crippen LogP contribution in [0.3, 0.4) is 0 Å². The molecule has 5 nitrogen and oxygen atoms in total. The number of ether oxygens (including phenoxy) is 1. The van der Waals surface area contributed by atoms with E-state index in [0.717, 1.165) is 28.6 Å². The van der Waals surface area contributed by atoms with Crippen molar-refractivity contribution in [2.75, 3.05) is 13.2 Å². The number of rotatable bonds is 6. The van der Waals surface area contributed by atoms with Gasteiger partial charge < -0.3 is 10.1 Å². The van der Waals surface area contributed by atoms with Crippen molar-refractivity contribution in [1.29, 1.82) is 0 Å². The first-order valence-corrected chi connectivity index (χ1v) is 7.51. The van der Waals surface area contributed by atoms with Gasteiger partial charge in [0.05, 0.1) is 11.1 Å². The average Bonchev–Trinajstić information content (AvgIpc) is 2.57. The van der Waals surface area contributed by atoms with Crippen LogP contribution in [-0.2, 0) is 16.0 Å². The molecule has 0 spiro atoms. The lowest BCUT2D eigenvalue weighted by Crippen LogP contribution is -2.29. The van der Waals surface area contributed by atoms with Crippen molar-refractivity contribution in [2.24, 2.45) is 0 Å². The molecular weight excluding hydrogens is 292 g/mol. The van der Waals surface area contributed by atoms with Crippen molar-refractivity contribution < 1.29 is 14.3 Å². The third-order valence-corrected chi connectivity index (χ3v) is 3.55. The largest absolute Gasteiger partial charge is 0.452 e. The van der Waals surface area contributed by atoms with Crippen LogP contribution in [0.15, 0.2) is 36.9 Å². The summed E-state index contributed by atoms with van der Waals surface area (Å²) in [6.07, 6.45) is 2.28. The Kier molecular flexibility index (Phi) is 5.46. The van der Waals surface area contributed by atoms with E-state index in [1.807, 2.05) is 38.1 Å². The topological polar surface area (TPSA) is 68.3 Å². The summed E-state index contributed by atoms with van der Waals surface area (Å²) >= 11 is 0. The van der Waals surface area contributed by atoms with Crippen molar-refractivity contribution >= 4 is 22.8 Å². The molecule has 0 aliphatic heterocycles. The highest BCUT2D eigenvalue weighted by Crippen LogP contribution is 2.24. The number of carbonyl (C=O) groups excluding carboxylic acids is 2. The number of hydrogen-bond donors (Lipinski definition) is 1. The SMILES string of the molecule is C=CCNC(=O)COC(=O)c1c(C)c(CC)nc2ccccc12. The molecule has 1 heterocycles. The third kappa shape index (κ3) is 3.74. The minimum Gasteiger partial charge on any atom is -0.452 e. The van der Waals surface area contributed by atoms with Crippen molar-refractivity contribution in [2.45, 2.75) is 20.3 Å². The zero-order valence-corrected chi connectivity index (χ0v) is 13.4. The number of carbonyl (C=O) groups is 2. The van der Waals surface area contributed by atoms with Gasteiger partial charge in [-0.15, -0.1) is 6.58 Å². The summed E-state index contributed by atoms with van der Waals surface area (Å²) in [4.78, 5) is 28.6. The normalized spacial score (nSPS) is 10.3. The quantitative estimate of drug-likeness (QED) is 0.657. The van der Waals surface area contributed by atoms with Crippen LogP contribution in [0.2, 0.25) is 0 Å². The number of esters is 1. The van der Waals surface area contributed by atoms with Gasteiger partial charge in [0, 0.05) is 17.6 Å². The zero-order chi connectivity index (χ0) is 16.8. The van der Waals surface area contributed by atoms with Crippen LogP contribution in [0.1, 0.15) is 28.5 Å². The Hall–Kier alpha value is -2.69. The molecule has 120 valence electrons. The number of benzene rings is 1. The van der Waals surface area contributed by atoms with Gasteiger partial charge in [-0.05, 0) is 25.0 Å². The fraction of sp³-hybridized carbons (Fsp3) is 0.278. The van der Waals surface area contributed by atoms with Crippen LogP contribution < -0.4 is 5.32 Å². The number of aromatic nitrogens is 1. The summed E-state index contributed by atoms with van der Waals surface area (Å²) < 4.78 is 5.16. The van der Waals surface area contributed by atoms with E-state index in [9.17, 15) is 9.59 Å². The molecule has 0 bridgehead atoms. The second-order valence-corrected chi connectivity index (χ2v) is 5.10. The molecule has 1 aromatic carbocycles. The summed E-state index contributed by atoms with van der Waals surface area (Å²) in [7, 11) is 0. The lowest BCUT2D eigenvalue weighted by Gasteiger charge is -2.13. The van der Waals surface area contributed by atoms with Crippen molar-refractivity contribution in [3.63, 3.8) is 0 Å². The van der Waals surface area contributed by atoms with Crippen molar-refractivity contribution in [1.82, 2.24) is 10.3 Å². The predicted octanol–water partition coefficient (Wildman–Crippen LogP) is 2.56. The molecule has 23 heavy (non-hydrogen) atoms. The van der Waals surface area contributed by atoms with Gasteiger partial charge in [-0.25, -0.2) is 4.79 Å². The van der Waals surface area contributed by atoms with Crippen LogP contribution in [0, 0.1) is 6.92 Å². The Bertz CT molecular complexity index is 753. The van der Waals surface area contributed by atoms with Gasteiger partial charge in [-0.1, -0.05) is 31.2 Å². The van der Waals surface area contributed by atoms with E-state index < -0.39 is 5.97 Å². The first-order valence-electron chi connectivity index (χ1n) is 7.51. The Balaban J connectivity index is 2.30. The van der Waals surface area contributed by atoms with Crippen LogP contribution in [0.5, 0.6) is 0 Å². The molecule has 1 aromatic heterocycles. The first-order chi connectivity index (χ1) is 11.1. The summed E-state index contributed by atoms with van der Waals surface area (Å²) in [5.41, 5.74) is 2.87. The molecule has 0 radical (unpaired) electrons. The van der Waals surface area contributed by atoms with Gasteiger partial charge in [0.15, 0.2) is 6.61 Å². The second kappa shape index (κ2) is 7.54. The molecule has 0 atom stereocenters. The summed E-state index contributed by atoms with van der Waals surface area (Å²) in [6.45, 7) is 7.38. The molecular formula is C18H20N2O3. The smallest absolute Gasteiger partial charge is 0.339 e. The van der Waals surface area contributed by atoms with E-state index in [0.29, 0.717) is 12.1 Å². The maximum atomic E-state index is 12.5. The minimum atomic E-state index is -0.510. The lowest BCUT2D eigenvalue weighted by atomic mass is 10.0. The number of nitrogens with zero attached hydrogens (tertiary/aromatic N) is 1. The van der Waals surface area contributed by atoms with Crippen LogP contribution >= 0.6 is 0 Å². The highest BCUT2D eigenvalue weighted by Gasteiger charge is 2.19. The molecule has 1 N–H and O–H groups in total. The molecule has 0 saturated carbocycles. The Morgan fingerprint density at radius 3 is 2.78 bits per heavy atom. The van der Waals surface area contributed by atoms with E-state index in [-0.39, 0.29) is 12.5 Å². The Morgan fingerprint density at radius 1 is 1.35 bits per heavy atom. The van der Waals surface area contributed by atoms with Crippen LogP contribution in [-0.4, -0.2) is 30.0 Å². The number of aryl methyl sites for hydroxylation is 1. The Morgan fingerprint density at radius 2 is 2.09 bits per heavy atom. The standard InChI is InChI=1S/C18H20N2O3/c1-4-10-19-16(21)11-23-18(22)17-12(3)14(5-2)20-15-9-7-6-8-13(15)17/h4,6-9H,1,5,10-11H2,2-3H3,(H,19,21). The molecule has 2 aromatic rings. The molecule has 0 saturated heterocycles. The van der Waals surface area contributed by atoms with E-state index in [2.05, 4.69) is 16.9 Å². The van der Waals surface area contributed by atoms with Gasteiger partial charge in [-0.2, -0.15) is 0 Å². The Labute approximate surface area is 135 Å². The summed E-state index contributed by atoms with van der Waals surface area (Å²) in [5.74, 6) is -0.866. The summed E-state index contributed by atoms with van der Waals surface area (Å²) in [6, 6.07) is 7.43. The first kappa shape index (κ1) is 16.7. The van der Waals surface area contributed by atoms with E-state index >= 15 is 0 Å². The van der Waals surface area contributed by atoms with Gasteiger partial charge in [-0.3, -0.25) is 9.78 Å². The molecule has 1 amide bonds. The number of pyridine rings is 1. The maximum absolute atomic E-state index is 12.5. The monoisotopic (exact) mass is 312 g/mol. The molecule has 2 rings (SSSR count). The second-order valence-electron chi connectivity index (χ2n) is 5.10. The highest BCUT2D eigenvalue weighted by atomic mass is 16.5. The molecule has 5 heteroatoms. The van der Waals surface area contributed by atoms with Crippen LogP contribution in [0.25, 0.3) is 10.9 Å². The van der Waals surface area contributed by atoms with E-state index in [4.69, 9.17) is 4.74 Å². The van der Waals surface area contributed by atoms with Crippen LogP contribution in [0.4, 0.5) is 0 Å². The fourth-order valence-electron chi connectivity index (χ4n) is 2.41. The fourth-order valence-corrected chi connectivity index (χ4v) is 2.41. The molecule has 0 aliphatic carbocycles. The highest BCUT2D eigenvalue weighted by molar-refractivity contribution is 6.05. The number of para-hydroxylation sites is 1. The number of amides is 1. The van der Waals surface area contributed by atoms with Gasteiger partial charge in [0.1, 0.15) is 0 Å². The third-order valence-electron chi connectivity index (χ3n) is 3.55. The lowest BCUT2D eigenvalue weighted by molar-refractivity contribution is -0.124. The average molecular weight is 312 g/mol. The molecule has 0 aliphatic rings. The van der Waals surface area contributed by atoms with Gasteiger partial charge >= 0.3 is 5.97 Å². The number of hydrogen-bond acceptors (Lipinski definition) is 4. The summed E-state index contributed by atoms with van der Waals surface area (Å²) in [5, 5.41) is 3.30. The van der Waals surface area contributed by atoms with Crippen molar-refractivity contribution in [3.8, 4) is 0 Å². The molecule has 0 fully saturated rings. The van der Waals surface area contributed by atoms with E-state index in [1.54, 1.807) is 6.08 Å². The number of nitrogens with one attached hydrogen (secondary N) is 1. The predicted molar refractivity (Wildman–Crippen MR) is 89.3 cm³/mol. The van der Waals surface area contributed by atoms with Crippen molar-refractivity contribution in [3.05, 3.63) is 53.7 Å². The minimum absolute atomic E-state index is 0.315.